The largest absolute Gasteiger partial charge is 0.470 e. The van der Waals surface area contributed by atoms with E-state index in [9.17, 15) is 4.79 Å². The van der Waals surface area contributed by atoms with Crippen LogP contribution in [0, 0.1) is 0 Å². The molecule has 4 rings (SSSR count). The molecule has 0 aliphatic carbocycles. The molecule has 0 unspecified atom stereocenters. The van der Waals surface area contributed by atoms with E-state index in [4.69, 9.17) is 27.9 Å². The van der Waals surface area contributed by atoms with Crippen LogP contribution in [0.3, 0.4) is 0 Å². The standard InChI is InChI=1S/C20H16Cl2N6O2/c21-15-6-7-18(16(22)10-15)30-13-27-9-8-17(25-27)19(29)24-20-23-12-28(26-20)11-14-4-2-1-3-5-14/h1-10,12H,11,13H2,(H,24,26,29). The molecule has 1 amide bonds. The Morgan fingerprint density at radius 1 is 1.03 bits per heavy atom. The topological polar surface area (TPSA) is 86.9 Å². The molecule has 0 bridgehead atoms. The van der Waals surface area contributed by atoms with Crippen molar-refractivity contribution in [1.29, 1.82) is 0 Å². The molecule has 0 aliphatic rings. The minimum Gasteiger partial charge on any atom is -0.470 e. The number of nitrogens with one attached hydrogen (secondary N) is 1. The summed E-state index contributed by atoms with van der Waals surface area (Å²) in [6.07, 6.45) is 3.19. The first kappa shape index (κ1) is 19.9. The van der Waals surface area contributed by atoms with E-state index in [1.165, 1.54) is 4.68 Å². The minimum atomic E-state index is -0.421. The highest BCUT2D eigenvalue weighted by Gasteiger charge is 2.13. The van der Waals surface area contributed by atoms with Gasteiger partial charge < -0.3 is 4.74 Å². The molecule has 0 radical (unpaired) electrons. The van der Waals surface area contributed by atoms with Crippen LogP contribution in [0.15, 0.2) is 67.1 Å². The van der Waals surface area contributed by atoms with Crippen LogP contribution in [0.2, 0.25) is 10.0 Å². The number of anilines is 1. The smallest absolute Gasteiger partial charge is 0.278 e. The van der Waals surface area contributed by atoms with Gasteiger partial charge in [0.1, 0.15) is 12.1 Å². The minimum absolute atomic E-state index is 0.0819. The van der Waals surface area contributed by atoms with Crippen molar-refractivity contribution in [3.05, 3.63) is 88.4 Å². The fourth-order valence-corrected chi connectivity index (χ4v) is 3.11. The second-order valence-electron chi connectivity index (χ2n) is 6.29. The van der Waals surface area contributed by atoms with Crippen LogP contribution in [-0.2, 0) is 13.3 Å². The molecule has 0 saturated heterocycles. The molecule has 0 fully saturated rings. The number of benzene rings is 2. The predicted octanol–water partition coefficient (Wildman–Crippen LogP) is 4.12. The number of ether oxygens (including phenoxy) is 1. The maximum atomic E-state index is 12.4. The molecule has 0 spiro atoms. The van der Waals surface area contributed by atoms with Gasteiger partial charge in [-0.2, -0.15) is 5.10 Å². The van der Waals surface area contributed by atoms with Gasteiger partial charge in [0.2, 0.25) is 5.95 Å². The average molecular weight is 443 g/mol. The number of amides is 1. The molecule has 2 heterocycles. The van der Waals surface area contributed by atoms with Gasteiger partial charge in [0.25, 0.3) is 5.91 Å². The van der Waals surface area contributed by atoms with Crippen LogP contribution < -0.4 is 10.1 Å². The zero-order valence-corrected chi connectivity index (χ0v) is 17.1. The Labute approximate surface area is 182 Å². The van der Waals surface area contributed by atoms with E-state index in [1.807, 2.05) is 30.3 Å². The van der Waals surface area contributed by atoms with Gasteiger partial charge >= 0.3 is 0 Å². The molecule has 2 aromatic carbocycles. The van der Waals surface area contributed by atoms with Crippen molar-refractivity contribution in [3.63, 3.8) is 0 Å². The first-order chi connectivity index (χ1) is 14.6. The fraction of sp³-hybridized carbons (Fsp3) is 0.100. The lowest BCUT2D eigenvalue weighted by Gasteiger charge is -2.08. The summed E-state index contributed by atoms with van der Waals surface area (Å²) in [6.45, 7) is 0.640. The molecule has 0 atom stereocenters. The molecule has 30 heavy (non-hydrogen) atoms. The molecular weight excluding hydrogens is 427 g/mol. The lowest BCUT2D eigenvalue weighted by Crippen LogP contribution is -2.15. The molecule has 0 aliphatic heterocycles. The van der Waals surface area contributed by atoms with E-state index in [0.717, 1.165) is 5.56 Å². The highest BCUT2D eigenvalue weighted by Crippen LogP contribution is 2.27. The van der Waals surface area contributed by atoms with Crippen molar-refractivity contribution >= 4 is 35.1 Å². The Kier molecular flexibility index (Phi) is 5.97. The van der Waals surface area contributed by atoms with Gasteiger partial charge in [-0.1, -0.05) is 53.5 Å². The van der Waals surface area contributed by atoms with E-state index in [0.29, 0.717) is 22.3 Å². The van der Waals surface area contributed by atoms with Gasteiger partial charge in [-0.3, -0.25) is 10.1 Å². The maximum absolute atomic E-state index is 12.4. The van der Waals surface area contributed by atoms with Gasteiger partial charge in [0.05, 0.1) is 11.6 Å². The van der Waals surface area contributed by atoms with Crippen LogP contribution >= 0.6 is 23.2 Å². The summed E-state index contributed by atoms with van der Waals surface area (Å²) in [7, 11) is 0. The number of hydrogen-bond acceptors (Lipinski definition) is 5. The number of aromatic nitrogens is 5. The van der Waals surface area contributed by atoms with Gasteiger partial charge in [-0.25, -0.2) is 14.3 Å². The van der Waals surface area contributed by atoms with Crippen molar-refractivity contribution < 1.29 is 9.53 Å². The van der Waals surface area contributed by atoms with E-state index >= 15 is 0 Å². The number of carbonyl (C=O) groups excluding carboxylic acids is 1. The van der Waals surface area contributed by atoms with Crippen molar-refractivity contribution in [2.24, 2.45) is 0 Å². The third-order valence-electron chi connectivity index (χ3n) is 4.07. The molecule has 10 heteroatoms. The van der Waals surface area contributed by atoms with Gasteiger partial charge in [-0.05, 0) is 29.8 Å². The summed E-state index contributed by atoms with van der Waals surface area (Å²) in [6, 6.07) is 16.3. The number of nitrogens with zero attached hydrogens (tertiary/aromatic N) is 5. The SMILES string of the molecule is O=C(Nc1ncn(Cc2ccccc2)n1)c1ccn(COc2ccc(Cl)cc2Cl)n1. The van der Waals surface area contributed by atoms with Crippen molar-refractivity contribution in [1.82, 2.24) is 24.5 Å². The van der Waals surface area contributed by atoms with Crippen molar-refractivity contribution in [2.75, 3.05) is 5.32 Å². The third-order valence-corrected chi connectivity index (χ3v) is 4.60. The zero-order valence-electron chi connectivity index (χ0n) is 15.6. The number of halogens is 2. The quantitative estimate of drug-likeness (QED) is 0.465. The first-order valence-corrected chi connectivity index (χ1v) is 9.68. The van der Waals surface area contributed by atoms with E-state index in [1.54, 1.807) is 41.5 Å². The second kappa shape index (κ2) is 8.98. The fourth-order valence-electron chi connectivity index (χ4n) is 2.65. The summed E-state index contributed by atoms with van der Waals surface area (Å²) in [5.41, 5.74) is 1.29. The number of carbonyl (C=O) groups is 1. The third kappa shape index (κ3) is 4.97. The predicted molar refractivity (Wildman–Crippen MR) is 113 cm³/mol. The second-order valence-corrected chi connectivity index (χ2v) is 7.14. The lowest BCUT2D eigenvalue weighted by molar-refractivity contribution is 0.101. The Morgan fingerprint density at radius 3 is 2.67 bits per heavy atom. The van der Waals surface area contributed by atoms with Crippen LogP contribution in [0.25, 0.3) is 0 Å². The van der Waals surface area contributed by atoms with Gasteiger partial charge in [0, 0.05) is 11.2 Å². The molecule has 1 N–H and O–H groups in total. The summed E-state index contributed by atoms with van der Waals surface area (Å²) in [5, 5.41) is 12.0. The Morgan fingerprint density at radius 2 is 1.87 bits per heavy atom. The van der Waals surface area contributed by atoms with E-state index in [2.05, 4.69) is 20.5 Å². The number of hydrogen-bond donors (Lipinski definition) is 1. The lowest BCUT2D eigenvalue weighted by atomic mass is 10.2. The Balaban J connectivity index is 1.34. The molecule has 0 saturated carbocycles. The summed E-state index contributed by atoms with van der Waals surface area (Å²) in [4.78, 5) is 16.5. The monoisotopic (exact) mass is 442 g/mol. The highest BCUT2D eigenvalue weighted by atomic mass is 35.5. The summed E-state index contributed by atoms with van der Waals surface area (Å²) < 4.78 is 8.72. The molecule has 2 aromatic heterocycles. The van der Waals surface area contributed by atoms with Gasteiger partial charge in [0.15, 0.2) is 12.4 Å². The van der Waals surface area contributed by atoms with E-state index < -0.39 is 5.91 Å². The van der Waals surface area contributed by atoms with Crippen LogP contribution in [-0.4, -0.2) is 30.5 Å². The molecule has 152 valence electrons. The van der Waals surface area contributed by atoms with Crippen molar-refractivity contribution in [3.8, 4) is 5.75 Å². The summed E-state index contributed by atoms with van der Waals surface area (Å²) >= 11 is 11.9. The van der Waals surface area contributed by atoms with Crippen LogP contribution in [0.5, 0.6) is 5.75 Å². The Bertz CT molecular complexity index is 1160. The normalized spacial score (nSPS) is 10.7. The Hall–Kier alpha value is -3.36. The van der Waals surface area contributed by atoms with E-state index in [-0.39, 0.29) is 18.4 Å². The highest BCUT2D eigenvalue weighted by molar-refractivity contribution is 6.35. The van der Waals surface area contributed by atoms with Crippen molar-refractivity contribution in [2.45, 2.75) is 13.3 Å². The van der Waals surface area contributed by atoms with Crippen LogP contribution in [0.1, 0.15) is 16.1 Å². The van der Waals surface area contributed by atoms with Gasteiger partial charge in [-0.15, -0.1) is 5.10 Å². The zero-order chi connectivity index (χ0) is 20.9. The summed E-state index contributed by atoms with van der Waals surface area (Å²) in [5.74, 6) is 0.251. The van der Waals surface area contributed by atoms with Crippen LogP contribution in [0.4, 0.5) is 5.95 Å². The maximum Gasteiger partial charge on any atom is 0.278 e. The average Bonchev–Trinajstić information content (AvgIpc) is 3.38. The molecular formula is C20H16Cl2N6O2. The molecule has 4 aromatic rings. The first-order valence-electron chi connectivity index (χ1n) is 8.93. The molecule has 8 nitrogen and oxygen atoms in total. The number of rotatable bonds is 7.